The van der Waals surface area contributed by atoms with Crippen molar-refractivity contribution >= 4 is 22.7 Å². The topological polar surface area (TPSA) is 6.48 Å². The van der Waals surface area contributed by atoms with E-state index in [2.05, 4.69) is 44.8 Å². The minimum absolute atomic E-state index is 1.09. The van der Waals surface area contributed by atoms with E-state index in [0.29, 0.717) is 0 Å². The van der Waals surface area contributed by atoms with Crippen LogP contribution < -0.4 is 0 Å². The summed E-state index contributed by atoms with van der Waals surface area (Å²) in [5, 5.41) is 4.47. The van der Waals surface area contributed by atoms with Crippen LogP contribution in [0.15, 0.2) is 35.0 Å². The Morgan fingerprint density at radius 2 is 1.32 bits per heavy atom. The molecular weight excluding hydrogens is 308 g/mol. The van der Waals surface area contributed by atoms with E-state index in [0.717, 1.165) is 26.2 Å². The van der Waals surface area contributed by atoms with Crippen LogP contribution in [0, 0.1) is 0 Å². The standard InChI is InChI=1S/C18H22N2S2/c1(7-19-9-3-17-15(13-19)5-11-21-17)2-8-20-10-4-18-16(14-20)6-12-22-18/h1-2,5-6,11-12H,3-4,7-10,13-14H2/b2-1+. The first-order valence-corrected chi connectivity index (χ1v) is 9.84. The highest BCUT2D eigenvalue weighted by atomic mass is 32.1. The van der Waals surface area contributed by atoms with Gasteiger partial charge < -0.3 is 0 Å². The van der Waals surface area contributed by atoms with Gasteiger partial charge in [-0.25, -0.2) is 0 Å². The van der Waals surface area contributed by atoms with E-state index in [-0.39, 0.29) is 0 Å². The maximum Gasteiger partial charge on any atom is 0.0248 e. The molecular formula is C18H22N2S2. The van der Waals surface area contributed by atoms with Gasteiger partial charge in [0.1, 0.15) is 0 Å². The third-order valence-electron chi connectivity index (χ3n) is 4.67. The SMILES string of the molecule is C(=C\CN1CCc2sccc2C1)/CN1CCc2sccc2C1. The number of hydrogen-bond acceptors (Lipinski definition) is 4. The molecule has 22 heavy (non-hydrogen) atoms. The third-order valence-corrected chi connectivity index (χ3v) is 6.71. The summed E-state index contributed by atoms with van der Waals surface area (Å²) in [5.74, 6) is 0. The lowest BCUT2D eigenvalue weighted by atomic mass is 10.1. The van der Waals surface area contributed by atoms with E-state index >= 15 is 0 Å². The Morgan fingerprint density at radius 1 is 0.818 bits per heavy atom. The van der Waals surface area contributed by atoms with Gasteiger partial charge in [0.2, 0.25) is 0 Å². The predicted molar refractivity (Wildman–Crippen MR) is 95.7 cm³/mol. The average molecular weight is 331 g/mol. The zero-order chi connectivity index (χ0) is 14.8. The van der Waals surface area contributed by atoms with Gasteiger partial charge in [-0.15, -0.1) is 22.7 Å². The Bertz CT molecular complexity index is 599. The number of thiophene rings is 2. The van der Waals surface area contributed by atoms with Crippen LogP contribution in [0.3, 0.4) is 0 Å². The average Bonchev–Trinajstić information content (AvgIpc) is 3.19. The number of fused-ring (bicyclic) bond motifs is 2. The van der Waals surface area contributed by atoms with Gasteiger partial charge in [0.05, 0.1) is 0 Å². The van der Waals surface area contributed by atoms with Gasteiger partial charge in [-0.05, 0) is 46.9 Å². The Morgan fingerprint density at radius 3 is 1.82 bits per heavy atom. The van der Waals surface area contributed by atoms with Crippen LogP contribution in [-0.2, 0) is 25.9 Å². The molecule has 0 spiro atoms. The fraction of sp³-hybridized carbons (Fsp3) is 0.444. The molecule has 2 aromatic rings. The van der Waals surface area contributed by atoms with Crippen molar-refractivity contribution in [2.24, 2.45) is 0 Å². The first-order valence-electron chi connectivity index (χ1n) is 8.09. The summed E-state index contributed by atoms with van der Waals surface area (Å²) < 4.78 is 0. The second kappa shape index (κ2) is 6.67. The van der Waals surface area contributed by atoms with Crippen molar-refractivity contribution in [2.45, 2.75) is 25.9 Å². The molecule has 0 saturated carbocycles. The summed E-state index contributed by atoms with van der Waals surface area (Å²) in [6, 6.07) is 4.59. The Hall–Kier alpha value is -0.940. The molecule has 4 rings (SSSR count). The summed E-state index contributed by atoms with van der Waals surface area (Å²) >= 11 is 3.84. The predicted octanol–water partition coefficient (Wildman–Crippen LogP) is 3.78. The molecule has 0 aliphatic carbocycles. The highest BCUT2D eigenvalue weighted by molar-refractivity contribution is 7.10. The Balaban J connectivity index is 1.24. The summed E-state index contributed by atoms with van der Waals surface area (Å²) in [7, 11) is 0. The molecule has 0 radical (unpaired) electrons. The monoisotopic (exact) mass is 330 g/mol. The minimum atomic E-state index is 1.09. The maximum absolute atomic E-state index is 2.55. The second-order valence-electron chi connectivity index (χ2n) is 6.18. The van der Waals surface area contributed by atoms with Crippen LogP contribution >= 0.6 is 22.7 Å². The lowest BCUT2D eigenvalue weighted by molar-refractivity contribution is 0.276. The van der Waals surface area contributed by atoms with Crippen molar-refractivity contribution in [3.8, 4) is 0 Å². The molecule has 0 aromatic carbocycles. The molecule has 0 fully saturated rings. The summed E-state index contributed by atoms with van der Waals surface area (Å²) in [6.07, 6.45) is 7.18. The Labute approximate surface area is 140 Å². The first kappa shape index (κ1) is 14.6. The molecule has 2 aliphatic heterocycles. The van der Waals surface area contributed by atoms with Crippen LogP contribution in [0.4, 0.5) is 0 Å². The number of rotatable bonds is 4. The van der Waals surface area contributed by atoms with Crippen LogP contribution in [0.25, 0.3) is 0 Å². The van der Waals surface area contributed by atoms with E-state index in [1.54, 1.807) is 20.9 Å². The molecule has 4 heterocycles. The zero-order valence-corrected chi connectivity index (χ0v) is 14.5. The number of nitrogens with zero attached hydrogens (tertiary/aromatic N) is 2. The fourth-order valence-corrected chi connectivity index (χ4v) is 5.15. The molecule has 4 heteroatoms. The van der Waals surface area contributed by atoms with Gasteiger partial charge in [0, 0.05) is 49.0 Å². The quantitative estimate of drug-likeness (QED) is 0.787. The summed E-state index contributed by atoms with van der Waals surface area (Å²) in [4.78, 5) is 8.30. The molecule has 0 unspecified atom stereocenters. The van der Waals surface area contributed by atoms with Crippen molar-refractivity contribution in [1.29, 1.82) is 0 Å². The maximum atomic E-state index is 2.55. The van der Waals surface area contributed by atoms with Crippen molar-refractivity contribution in [2.75, 3.05) is 26.2 Å². The second-order valence-corrected chi connectivity index (χ2v) is 8.18. The molecule has 0 saturated heterocycles. The van der Waals surface area contributed by atoms with Gasteiger partial charge in [-0.2, -0.15) is 0 Å². The molecule has 116 valence electrons. The van der Waals surface area contributed by atoms with Crippen LogP contribution in [0.1, 0.15) is 20.9 Å². The molecule has 0 atom stereocenters. The van der Waals surface area contributed by atoms with Crippen molar-refractivity contribution in [1.82, 2.24) is 9.80 Å². The summed E-state index contributed by atoms with van der Waals surface area (Å²) in [6.45, 7) is 6.86. The zero-order valence-electron chi connectivity index (χ0n) is 12.8. The van der Waals surface area contributed by atoms with Gasteiger partial charge in [0.25, 0.3) is 0 Å². The van der Waals surface area contributed by atoms with Crippen LogP contribution in [0.5, 0.6) is 0 Å². The van der Waals surface area contributed by atoms with Gasteiger partial charge >= 0.3 is 0 Å². The molecule has 2 aliphatic rings. The van der Waals surface area contributed by atoms with E-state index in [4.69, 9.17) is 0 Å². The minimum Gasteiger partial charge on any atom is -0.295 e. The van der Waals surface area contributed by atoms with Crippen molar-refractivity contribution in [3.05, 3.63) is 55.9 Å². The molecule has 2 aromatic heterocycles. The lowest BCUT2D eigenvalue weighted by Crippen LogP contribution is -2.31. The Kier molecular flexibility index (Phi) is 4.44. The van der Waals surface area contributed by atoms with E-state index in [9.17, 15) is 0 Å². The van der Waals surface area contributed by atoms with Gasteiger partial charge in [-0.1, -0.05) is 12.2 Å². The highest BCUT2D eigenvalue weighted by Crippen LogP contribution is 2.24. The van der Waals surface area contributed by atoms with E-state index < -0.39 is 0 Å². The fourth-order valence-electron chi connectivity index (χ4n) is 3.37. The normalized spacial score (nSPS) is 19.5. The largest absolute Gasteiger partial charge is 0.295 e. The molecule has 0 amide bonds. The smallest absolute Gasteiger partial charge is 0.0248 e. The van der Waals surface area contributed by atoms with Gasteiger partial charge in [0.15, 0.2) is 0 Å². The number of hydrogen-bond donors (Lipinski definition) is 0. The van der Waals surface area contributed by atoms with Crippen LogP contribution in [-0.4, -0.2) is 36.0 Å². The van der Waals surface area contributed by atoms with Gasteiger partial charge in [-0.3, -0.25) is 9.80 Å². The highest BCUT2D eigenvalue weighted by Gasteiger charge is 2.17. The van der Waals surface area contributed by atoms with Crippen molar-refractivity contribution < 1.29 is 0 Å². The molecule has 2 nitrogen and oxygen atoms in total. The van der Waals surface area contributed by atoms with E-state index in [1.807, 2.05) is 22.7 Å². The van der Waals surface area contributed by atoms with Crippen molar-refractivity contribution in [3.63, 3.8) is 0 Å². The molecule has 0 bridgehead atoms. The summed E-state index contributed by atoms with van der Waals surface area (Å²) in [5.41, 5.74) is 3.09. The third kappa shape index (κ3) is 3.20. The van der Waals surface area contributed by atoms with Crippen LogP contribution in [0.2, 0.25) is 0 Å². The molecule has 0 N–H and O–H groups in total. The van der Waals surface area contributed by atoms with E-state index in [1.165, 1.54) is 25.9 Å². The first-order chi connectivity index (χ1) is 10.9. The lowest BCUT2D eigenvalue weighted by Gasteiger charge is -2.26.